The maximum absolute atomic E-state index is 7.14. The number of rotatable bonds is 7. The van der Waals surface area contributed by atoms with Crippen LogP contribution in [0.25, 0.3) is 53.6 Å². The summed E-state index contributed by atoms with van der Waals surface area (Å²) in [5.74, 6) is 0.650. The molecule has 0 saturated carbocycles. The van der Waals surface area contributed by atoms with E-state index in [1.54, 1.807) is 11.3 Å². The number of hydrogen-bond acceptors (Lipinski definition) is 3. The zero-order valence-electron chi connectivity index (χ0n) is 38.8. The zero-order valence-corrected chi connectivity index (χ0v) is 40.5. The summed E-state index contributed by atoms with van der Waals surface area (Å²) in [5, 5.41) is 2.41. The van der Waals surface area contributed by atoms with Crippen LogP contribution in [0.1, 0.15) is 86.5 Å². The highest BCUT2D eigenvalue weighted by Crippen LogP contribution is 2.46. The van der Waals surface area contributed by atoms with Gasteiger partial charge >= 0.3 is 0 Å². The van der Waals surface area contributed by atoms with Crippen LogP contribution in [0.15, 0.2) is 119 Å². The van der Waals surface area contributed by atoms with Crippen molar-refractivity contribution in [3.05, 3.63) is 176 Å². The van der Waals surface area contributed by atoms with Gasteiger partial charge in [0.15, 0.2) is 0 Å². The van der Waals surface area contributed by atoms with Gasteiger partial charge in [0.05, 0.1) is 12.3 Å². The Balaban J connectivity index is 1.12. The van der Waals surface area contributed by atoms with Crippen molar-refractivity contribution < 1.29 is 0 Å². The van der Waals surface area contributed by atoms with E-state index in [2.05, 4.69) is 159 Å². The van der Waals surface area contributed by atoms with Crippen molar-refractivity contribution in [1.29, 1.82) is 0 Å². The molecular weight excluding hydrogens is 819 g/mol. The summed E-state index contributed by atoms with van der Waals surface area (Å²) in [6, 6.07) is 26.7. The Morgan fingerprint density at radius 2 is 1.42 bits per heavy atom. The quantitative estimate of drug-likeness (QED) is 0.0931. The summed E-state index contributed by atoms with van der Waals surface area (Å²) in [6.07, 6.45) is 14.7. The van der Waals surface area contributed by atoms with Crippen LogP contribution in [0.3, 0.4) is 0 Å². The Kier molecular flexibility index (Phi) is 11.3. The molecule has 2 unspecified atom stereocenters. The Morgan fingerprint density at radius 1 is 0.677 bits per heavy atom. The molecule has 65 heavy (non-hydrogen) atoms. The molecule has 0 fully saturated rings. The third kappa shape index (κ3) is 7.05. The Morgan fingerprint density at radius 3 is 2.17 bits per heavy atom. The first-order chi connectivity index (χ1) is 31.3. The summed E-state index contributed by atoms with van der Waals surface area (Å²) in [7, 11) is 20.9. The van der Waals surface area contributed by atoms with Gasteiger partial charge in [-0.25, -0.2) is 0 Å². The van der Waals surface area contributed by atoms with Crippen LogP contribution < -0.4 is 16.4 Å². The number of nitrogens with zero attached hydrogens (tertiary/aromatic N) is 1. The van der Waals surface area contributed by atoms with Gasteiger partial charge in [-0.15, -0.1) is 24.0 Å². The van der Waals surface area contributed by atoms with Crippen molar-refractivity contribution in [2.45, 2.75) is 86.1 Å². The van der Waals surface area contributed by atoms with E-state index in [0.29, 0.717) is 28.9 Å². The van der Waals surface area contributed by atoms with Crippen molar-refractivity contribution in [3.63, 3.8) is 0 Å². The van der Waals surface area contributed by atoms with E-state index < -0.39 is 0 Å². The van der Waals surface area contributed by atoms with Gasteiger partial charge in [-0.2, -0.15) is 0 Å². The molecule has 1 heterocycles. The Hall–Kier alpha value is -5.29. The van der Waals surface area contributed by atoms with Crippen LogP contribution >= 0.6 is 24.0 Å². The lowest BCUT2D eigenvalue weighted by molar-refractivity contribution is 0.755. The van der Waals surface area contributed by atoms with E-state index in [4.69, 9.17) is 41.2 Å². The number of thiophene rings is 1. The summed E-state index contributed by atoms with van der Waals surface area (Å²) >= 11 is 6.55. The predicted molar refractivity (Wildman–Crippen MR) is 289 cm³/mol. The van der Waals surface area contributed by atoms with Crippen molar-refractivity contribution >= 4 is 101 Å². The number of aliphatic imine (C=N–C) groups is 1. The fourth-order valence-electron chi connectivity index (χ4n) is 11.3. The van der Waals surface area contributed by atoms with Gasteiger partial charge < -0.3 is 0 Å². The molecule has 3 aliphatic rings. The molecule has 2 atom stereocenters. The smallest absolute Gasteiger partial charge is 0.115 e. The number of thiol groups is 1. The molecule has 0 aliphatic heterocycles. The van der Waals surface area contributed by atoms with Gasteiger partial charge in [0.1, 0.15) is 23.5 Å². The third-order valence-electron chi connectivity index (χ3n) is 15.1. The summed E-state index contributed by atoms with van der Waals surface area (Å²) in [4.78, 5) is 6.56. The molecule has 6 radical (unpaired) electrons. The molecule has 10 rings (SSSR count). The minimum Gasteiger partial charge on any atom is -0.284 e. The van der Waals surface area contributed by atoms with Gasteiger partial charge in [-0.1, -0.05) is 126 Å². The van der Waals surface area contributed by atoms with E-state index in [1.807, 2.05) is 0 Å². The van der Waals surface area contributed by atoms with Crippen molar-refractivity contribution in [2.24, 2.45) is 16.8 Å². The van der Waals surface area contributed by atoms with Gasteiger partial charge in [0, 0.05) is 36.5 Å². The van der Waals surface area contributed by atoms with Gasteiger partial charge in [-0.05, 0) is 174 Å². The van der Waals surface area contributed by atoms with Crippen LogP contribution in [0.2, 0.25) is 0 Å². The molecule has 314 valence electrons. The largest absolute Gasteiger partial charge is 0.284 e. The molecule has 7 aromatic rings. The maximum Gasteiger partial charge on any atom is 0.115 e. The minimum atomic E-state index is 0.0918. The van der Waals surface area contributed by atoms with E-state index in [9.17, 15) is 0 Å². The summed E-state index contributed by atoms with van der Waals surface area (Å²) in [5.41, 5.74) is 26.3. The van der Waals surface area contributed by atoms with E-state index in [-0.39, 0.29) is 5.92 Å². The summed E-state index contributed by atoms with van der Waals surface area (Å²) < 4.78 is 2.26. The SMILES string of the molecule is [B]c1c(C)c(-c2c([B])c([B])c3sc4c(C)c(C(=NCc5ccccc5-c5ccc6c(c5)CC5=C6C(C)CC=C5)C5C=CC(c6ccccc6)=CC5)c(C)c(C)c4c3c2C)c(C)c(C)c1S. The van der Waals surface area contributed by atoms with Gasteiger partial charge in [0.25, 0.3) is 0 Å². The van der Waals surface area contributed by atoms with Crippen molar-refractivity contribution in [3.8, 4) is 22.3 Å². The number of fused-ring (bicyclic) bond motifs is 5. The van der Waals surface area contributed by atoms with E-state index in [0.717, 1.165) is 68.0 Å². The lowest BCUT2D eigenvalue weighted by Gasteiger charge is -2.25. The molecule has 3 aliphatic carbocycles. The lowest BCUT2D eigenvalue weighted by Crippen LogP contribution is -2.30. The number of hydrogen-bond donors (Lipinski definition) is 1. The third-order valence-corrected chi connectivity index (χ3v) is 17.0. The fraction of sp³-hybridized carbons (Fsp3) is 0.237. The van der Waals surface area contributed by atoms with Crippen molar-refractivity contribution in [1.82, 2.24) is 0 Å². The average molecular weight is 872 g/mol. The highest BCUT2D eigenvalue weighted by molar-refractivity contribution is 7.80. The molecule has 0 bridgehead atoms. The van der Waals surface area contributed by atoms with Crippen LogP contribution in [0.4, 0.5) is 0 Å². The average Bonchev–Trinajstić information content (AvgIpc) is 3.92. The zero-order chi connectivity index (χ0) is 45.6. The fourth-order valence-corrected chi connectivity index (χ4v) is 13.0. The molecule has 0 saturated heterocycles. The molecular formula is C59H52B3NS2. The monoisotopic (exact) mass is 871 g/mol. The van der Waals surface area contributed by atoms with Crippen LogP contribution in [0, 0.1) is 60.3 Å². The number of aryl methyl sites for hydroxylation is 3. The molecule has 1 nitrogen and oxygen atoms in total. The van der Waals surface area contributed by atoms with Crippen LogP contribution in [-0.4, -0.2) is 29.3 Å². The molecule has 1 aromatic heterocycles. The first kappa shape index (κ1) is 43.6. The standard InChI is InChI=1S/C59H52B3NS2/c1-30-15-14-19-42-28-44-27-41(25-26-46(44)47(30)42)45-20-13-12-18-43(45)29-63-56(40-23-21-39(22-24-40)38-16-10-9-11-17-38)49-31(2)32(3)51-52-35(6)50(48-33(4)34(5)57(64)53(60)36(48)7)54(61)55(62)59(52)65-58(51)37(49)8/h9-14,16-23,25-27,30,40,64H,15,24,28-29H2,1-8H3. The summed E-state index contributed by atoms with van der Waals surface area (Å²) in [6.45, 7) is 18.3. The minimum absolute atomic E-state index is 0.0918. The maximum atomic E-state index is 7.14. The van der Waals surface area contributed by atoms with Crippen LogP contribution in [-0.2, 0) is 13.0 Å². The highest BCUT2D eigenvalue weighted by Gasteiger charge is 2.29. The van der Waals surface area contributed by atoms with E-state index in [1.165, 1.54) is 87.8 Å². The Labute approximate surface area is 399 Å². The van der Waals surface area contributed by atoms with Crippen molar-refractivity contribution in [2.75, 3.05) is 0 Å². The van der Waals surface area contributed by atoms with Gasteiger partial charge in [0.2, 0.25) is 0 Å². The number of allylic oxidation sites excluding steroid dienone is 8. The second-order valence-electron chi connectivity index (χ2n) is 18.7. The van der Waals surface area contributed by atoms with Crippen LogP contribution in [0.5, 0.6) is 0 Å². The normalized spacial score (nSPS) is 17.1. The lowest BCUT2D eigenvalue weighted by atomic mass is 9.70. The molecule has 0 spiro atoms. The Bertz CT molecular complexity index is 3310. The molecule has 6 aromatic carbocycles. The molecule has 0 amide bonds. The second kappa shape index (κ2) is 16.9. The first-order valence-electron chi connectivity index (χ1n) is 23.0. The van der Waals surface area contributed by atoms with Gasteiger partial charge in [-0.3, -0.25) is 4.99 Å². The molecule has 6 heteroatoms. The topological polar surface area (TPSA) is 12.4 Å². The second-order valence-corrected chi connectivity index (χ2v) is 20.2. The van der Waals surface area contributed by atoms with E-state index >= 15 is 0 Å². The molecule has 0 N–H and O–H groups in total. The first-order valence-corrected chi connectivity index (χ1v) is 24.2. The number of benzene rings is 6. The highest BCUT2D eigenvalue weighted by atomic mass is 32.1. The predicted octanol–water partition coefficient (Wildman–Crippen LogP) is 12.8.